The summed E-state index contributed by atoms with van der Waals surface area (Å²) in [6.07, 6.45) is 0.0854. The Morgan fingerprint density at radius 2 is 1.65 bits per heavy atom. The quantitative estimate of drug-likeness (QED) is 0.312. The molecule has 0 aliphatic rings. The fourth-order valence-electron chi connectivity index (χ4n) is 2.62. The first-order chi connectivity index (χ1) is 15.4. The van der Waals surface area contributed by atoms with Crippen LogP contribution < -0.4 is 54.8 Å². The number of carbonyl (C=O) groups excluding carboxylic acids is 3. The summed E-state index contributed by atoms with van der Waals surface area (Å²) in [7, 11) is 0.788. The Kier molecular flexibility index (Phi) is 10.2. The van der Waals surface area contributed by atoms with Crippen LogP contribution >= 0.6 is 0 Å². The first-order valence-electron chi connectivity index (χ1n) is 9.42. The van der Waals surface area contributed by atoms with Crippen molar-refractivity contribution in [3.05, 3.63) is 29.3 Å². The van der Waals surface area contributed by atoms with Crippen LogP contribution in [0.2, 0.25) is 0 Å². The molecule has 13 nitrogen and oxygen atoms in total. The fraction of sp³-hybridized carbons (Fsp3) is 0.316. The van der Waals surface area contributed by atoms with Gasteiger partial charge in [0.1, 0.15) is 4.90 Å². The van der Waals surface area contributed by atoms with E-state index in [0.29, 0.717) is 0 Å². The van der Waals surface area contributed by atoms with Crippen molar-refractivity contribution in [2.45, 2.75) is 18.2 Å². The monoisotopic (exact) mass is 504 g/mol. The number of sulfonamides is 1. The summed E-state index contributed by atoms with van der Waals surface area (Å²) in [5.74, 6) is -2.73. The summed E-state index contributed by atoms with van der Waals surface area (Å²) in [5, 5.41) is 2.46. The minimum absolute atomic E-state index is 0. The van der Waals surface area contributed by atoms with Crippen molar-refractivity contribution in [3.8, 4) is 11.8 Å². The number of anilines is 2. The van der Waals surface area contributed by atoms with E-state index in [2.05, 4.69) is 20.0 Å². The third-order valence-electron chi connectivity index (χ3n) is 4.21. The minimum Gasteiger partial charge on any atom is -1.00 e. The molecule has 2 aromatic rings. The van der Waals surface area contributed by atoms with Crippen molar-refractivity contribution in [1.82, 2.24) is 14.9 Å². The van der Waals surface area contributed by atoms with Crippen molar-refractivity contribution >= 4 is 39.4 Å². The Bertz CT molecular complexity index is 1190. The first kappa shape index (κ1) is 29.1. The number of ether oxygens (including phenoxy) is 2. The van der Waals surface area contributed by atoms with Gasteiger partial charge in [-0.1, -0.05) is 6.92 Å². The van der Waals surface area contributed by atoms with Crippen LogP contribution in [-0.2, 0) is 14.8 Å². The van der Waals surface area contributed by atoms with Gasteiger partial charge >= 0.3 is 29.6 Å². The predicted octanol–water partition coefficient (Wildman–Crippen LogP) is -2.44. The Balaban J connectivity index is 0.00000578. The molecule has 0 aliphatic heterocycles. The molecule has 4 N–H and O–H groups in total. The van der Waals surface area contributed by atoms with Crippen molar-refractivity contribution in [3.63, 3.8) is 0 Å². The molecular formula is C19H25N6NaO7S. The zero-order valence-electron chi connectivity index (χ0n) is 20.6. The number of primary amides is 1. The Morgan fingerprint density at radius 1 is 1.09 bits per heavy atom. The van der Waals surface area contributed by atoms with E-state index in [1.807, 2.05) is 0 Å². The van der Waals surface area contributed by atoms with Gasteiger partial charge in [0.05, 0.1) is 31.4 Å². The van der Waals surface area contributed by atoms with Crippen molar-refractivity contribution in [2.24, 2.45) is 5.73 Å². The molecule has 3 amide bonds. The Hall–Kier alpha value is -2.94. The number of benzene rings is 1. The molecular weight excluding hydrogens is 479 g/mol. The number of carbonyl (C=O) groups is 3. The SMILES string of the molecule is CCC(=O)Nc1cc(C(N)=O)c(C(=O)N(C)C)c(S(=O)(=O)Nc2nc(OC)cc(OC)n2)c1.[H-].[Na+]. The molecule has 1 aromatic heterocycles. The molecule has 0 radical (unpaired) electrons. The molecule has 2 rings (SSSR count). The van der Waals surface area contributed by atoms with Crippen LogP contribution in [0.4, 0.5) is 11.6 Å². The number of nitrogens with zero attached hydrogens (tertiary/aromatic N) is 3. The van der Waals surface area contributed by atoms with E-state index in [9.17, 15) is 22.8 Å². The number of nitrogens with one attached hydrogen (secondary N) is 2. The molecule has 34 heavy (non-hydrogen) atoms. The van der Waals surface area contributed by atoms with E-state index >= 15 is 0 Å². The summed E-state index contributed by atoms with van der Waals surface area (Å²) in [6.45, 7) is 1.58. The molecule has 0 aliphatic carbocycles. The van der Waals surface area contributed by atoms with Gasteiger partial charge in [0.25, 0.3) is 15.9 Å². The molecule has 1 aromatic carbocycles. The number of hydrogen-bond acceptors (Lipinski definition) is 9. The van der Waals surface area contributed by atoms with Crippen LogP contribution in [0.15, 0.2) is 23.1 Å². The van der Waals surface area contributed by atoms with E-state index in [1.165, 1.54) is 34.4 Å². The summed E-state index contributed by atoms with van der Waals surface area (Å²) in [5.41, 5.74) is 4.51. The number of nitrogens with two attached hydrogens (primary N) is 1. The second-order valence-electron chi connectivity index (χ2n) is 6.74. The topological polar surface area (TPSA) is 183 Å². The Labute approximate surface area is 220 Å². The van der Waals surface area contributed by atoms with Crippen molar-refractivity contribution in [1.29, 1.82) is 0 Å². The zero-order chi connectivity index (χ0) is 24.9. The molecule has 180 valence electrons. The zero-order valence-corrected chi connectivity index (χ0v) is 22.4. The fourth-order valence-corrected chi connectivity index (χ4v) is 3.81. The molecule has 0 atom stereocenters. The van der Waals surface area contributed by atoms with Crippen LogP contribution in [0.25, 0.3) is 0 Å². The van der Waals surface area contributed by atoms with Gasteiger partial charge in [-0.15, -0.1) is 0 Å². The second kappa shape index (κ2) is 12.0. The number of aromatic nitrogens is 2. The van der Waals surface area contributed by atoms with Gasteiger partial charge in [0.2, 0.25) is 29.5 Å². The van der Waals surface area contributed by atoms with Gasteiger partial charge in [-0.05, 0) is 12.1 Å². The first-order valence-corrected chi connectivity index (χ1v) is 10.9. The van der Waals surface area contributed by atoms with Gasteiger partial charge in [-0.2, -0.15) is 9.97 Å². The maximum absolute atomic E-state index is 13.3. The van der Waals surface area contributed by atoms with Crippen molar-refractivity contribution < 1.29 is 63.3 Å². The van der Waals surface area contributed by atoms with Crippen LogP contribution in [0.5, 0.6) is 11.8 Å². The molecule has 0 spiro atoms. The summed E-state index contributed by atoms with van der Waals surface area (Å²) in [4.78, 5) is 45.1. The largest absolute Gasteiger partial charge is 1.00 e. The standard InChI is InChI=1S/C19H24N6O7S.Na.H/c1-6-13(26)21-10-7-11(17(20)27)16(18(28)25(2)3)12(8-10)33(29,30)24-19-22-14(31-4)9-15(23-19)32-5;;/h7-9H,6H2,1-5H3,(H2,20,27)(H,21,26)(H,22,23,24);;/q;+1;-1. The van der Waals surface area contributed by atoms with E-state index < -0.39 is 49.7 Å². The molecule has 0 bridgehead atoms. The van der Waals surface area contributed by atoms with E-state index in [0.717, 1.165) is 17.0 Å². The molecule has 1 heterocycles. The number of methoxy groups -OCH3 is 2. The number of amides is 3. The maximum atomic E-state index is 13.3. The molecule has 15 heteroatoms. The van der Waals surface area contributed by atoms with Crippen LogP contribution in [0, 0.1) is 0 Å². The van der Waals surface area contributed by atoms with E-state index in [1.54, 1.807) is 6.92 Å². The van der Waals surface area contributed by atoms with Gasteiger partial charge in [-0.3, -0.25) is 14.4 Å². The van der Waals surface area contributed by atoms with Crippen LogP contribution in [0.3, 0.4) is 0 Å². The van der Waals surface area contributed by atoms with Gasteiger partial charge in [0, 0.05) is 26.2 Å². The predicted molar refractivity (Wildman–Crippen MR) is 119 cm³/mol. The number of hydrogen-bond donors (Lipinski definition) is 3. The third kappa shape index (κ3) is 6.79. The van der Waals surface area contributed by atoms with Crippen LogP contribution in [0.1, 0.15) is 35.5 Å². The third-order valence-corrected chi connectivity index (χ3v) is 5.56. The molecule has 0 fully saturated rings. The van der Waals surface area contributed by atoms with Gasteiger partial charge in [-0.25, -0.2) is 13.1 Å². The average molecular weight is 505 g/mol. The Morgan fingerprint density at radius 3 is 2.09 bits per heavy atom. The normalized spacial score (nSPS) is 10.5. The van der Waals surface area contributed by atoms with Crippen LogP contribution in [-0.4, -0.2) is 69.3 Å². The molecule has 0 saturated heterocycles. The average Bonchev–Trinajstić information content (AvgIpc) is 2.76. The van der Waals surface area contributed by atoms with Gasteiger partial charge < -0.3 is 26.9 Å². The summed E-state index contributed by atoms with van der Waals surface area (Å²) < 4.78 is 38.8. The second-order valence-corrected chi connectivity index (χ2v) is 8.40. The summed E-state index contributed by atoms with van der Waals surface area (Å²) >= 11 is 0. The van der Waals surface area contributed by atoms with Gasteiger partial charge in [0.15, 0.2) is 0 Å². The molecule has 0 unspecified atom stereocenters. The maximum Gasteiger partial charge on any atom is 1.00 e. The minimum atomic E-state index is -4.59. The smallest absolute Gasteiger partial charge is 1.00 e. The summed E-state index contributed by atoms with van der Waals surface area (Å²) in [6, 6.07) is 3.50. The number of rotatable bonds is 9. The van der Waals surface area contributed by atoms with Crippen molar-refractivity contribution in [2.75, 3.05) is 38.4 Å². The van der Waals surface area contributed by atoms with E-state index in [-0.39, 0.29) is 54.9 Å². The molecule has 0 saturated carbocycles. The van der Waals surface area contributed by atoms with E-state index in [4.69, 9.17) is 15.2 Å².